The monoisotopic (exact) mass is 436 g/mol. The average molecular weight is 437 g/mol. The first-order valence-corrected chi connectivity index (χ1v) is 11.1. The van der Waals surface area contributed by atoms with Crippen molar-refractivity contribution in [2.45, 2.75) is 58.7 Å². The fraction of sp³-hybridized carbons (Fsp3) is 0.400. The molecule has 1 aliphatic heterocycles. The number of hydrogen-bond acceptors (Lipinski definition) is 3. The number of aromatic nitrogens is 2. The van der Waals surface area contributed by atoms with Crippen LogP contribution in [0, 0.1) is 5.82 Å². The lowest BCUT2D eigenvalue weighted by Crippen LogP contribution is -2.44. The molecule has 168 valence electrons. The molecular weight excluding hydrogens is 407 g/mol. The van der Waals surface area contributed by atoms with Gasteiger partial charge in [-0.25, -0.2) is 9.37 Å². The van der Waals surface area contributed by atoms with Gasteiger partial charge in [0.25, 0.3) is 0 Å². The number of amides is 2. The number of fused-ring (bicyclic) bond motifs is 1. The second-order valence-corrected chi connectivity index (χ2v) is 8.89. The predicted octanol–water partition coefficient (Wildman–Crippen LogP) is 4.34. The molecule has 1 unspecified atom stereocenters. The lowest BCUT2D eigenvalue weighted by atomic mass is 10.1. The Labute approximate surface area is 187 Å². The minimum Gasteiger partial charge on any atom is -0.336 e. The van der Waals surface area contributed by atoms with Gasteiger partial charge in [-0.2, -0.15) is 0 Å². The fourth-order valence-electron chi connectivity index (χ4n) is 4.75. The summed E-state index contributed by atoms with van der Waals surface area (Å²) in [5, 5.41) is 0. The second-order valence-electron chi connectivity index (χ2n) is 8.89. The van der Waals surface area contributed by atoms with E-state index < -0.39 is 5.82 Å². The van der Waals surface area contributed by atoms with Crippen molar-refractivity contribution in [3.05, 3.63) is 60.2 Å². The first kappa shape index (κ1) is 22.0. The number of carbonyl (C=O) groups is 2. The van der Waals surface area contributed by atoms with Crippen LogP contribution < -0.4 is 4.90 Å². The predicted molar refractivity (Wildman–Crippen MR) is 123 cm³/mol. The topological polar surface area (TPSA) is 58.4 Å². The van der Waals surface area contributed by atoms with E-state index in [9.17, 15) is 14.0 Å². The van der Waals surface area contributed by atoms with Gasteiger partial charge in [0.1, 0.15) is 18.2 Å². The van der Waals surface area contributed by atoms with Crippen molar-refractivity contribution in [2.75, 3.05) is 11.4 Å². The maximum absolute atomic E-state index is 14.3. The van der Waals surface area contributed by atoms with Gasteiger partial charge in [0.2, 0.25) is 11.8 Å². The molecule has 2 amide bonds. The van der Waals surface area contributed by atoms with Crippen LogP contribution in [0.15, 0.2) is 48.5 Å². The van der Waals surface area contributed by atoms with Gasteiger partial charge in [-0.05, 0) is 52.0 Å². The Balaban J connectivity index is 1.70. The van der Waals surface area contributed by atoms with Crippen LogP contribution >= 0.6 is 0 Å². The van der Waals surface area contributed by atoms with Crippen molar-refractivity contribution in [2.24, 2.45) is 0 Å². The highest BCUT2D eigenvalue weighted by Gasteiger charge is 2.36. The minimum atomic E-state index is -0.422. The molecule has 0 N–H and O–H groups in total. The van der Waals surface area contributed by atoms with Crippen molar-refractivity contribution in [3.63, 3.8) is 0 Å². The summed E-state index contributed by atoms with van der Waals surface area (Å²) in [5.41, 5.74) is 1.93. The van der Waals surface area contributed by atoms with Crippen LogP contribution in [0.5, 0.6) is 0 Å². The maximum Gasteiger partial charge on any atom is 0.243 e. The summed E-state index contributed by atoms with van der Waals surface area (Å²) in [6.45, 7) is 8.50. The Bertz CT molecular complexity index is 1150. The highest BCUT2D eigenvalue weighted by atomic mass is 19.1. The average Bonchev–Trinajstić information content (AvgIpc) is 3.28. The molecule has 4 rings (SSSR count). The Hall–Kier alpha value is -3.22. The summed E-state index contributed by atoms with van der Waals surface area (Å²) < 4.78 is 16.3. The molecule has 3 aromatic rings. The van der Waals surface area contributed by atoms with Crippen molar-refractivity contribution >= 4 is 28.5 Å². The Morgan fingerprint density at radius 3 is 2.44 bits per heavy atom. The summed E-state index contributed by atoms with van der Waals surface area (Å²) in [7, 11) is 0. The largest absolute Gasteiger partial charge is 0.336 e. The van der Waals surface area contributed by atoms with Crippen LogP contribution in [-0.2, 0) is 16.1 Å². The van der Waals surface area contributed by atoms with Crippen LogP contribution in [0.1, 0.15) is 45.9 Å². The van der Waals surface area contributed by atoms with Gasteiger partial charge in [-0.1, -0.05) is 24.3 Å². The van der Waals surface area contributed by atoms with Gasteiger partial charge in [0.15, 0.2) is 0 Å². The molecule has 32 heavy (non-hydrogen) atoms. The first-order chi connectivity index (χ1) is 15.3. The Morgan fingerprint density at radius 1 is 1.09 bits per heavy atom. The van der Waals surface area contributed by atoms with E-state index in [2.05, 4.69) is 0 Å². The van der Waals surface area contributed by atoms with Gasteiger partial charge in [-0.15, -0.1) is 0 Å². The van der Waals surface area contributed by atoms with Crippen molar-refractivity contribution in [3.8, 4) is 0 Å². The molecule has 1 atom stereocenters. The number of nitrogens with zero attached hydrogens (tertiary/aromatic N) is 4. The van der Waals surface area contributed by atoms with E-state index in [1.807, 2.05) is 61.4 Å². The smallest absolute Gasteiger partial charge is 0.243 e. The molecule has 0 spiro atoms. The van der Waals surface area contributed by atoms with Crippen molar-refractivity contribution in [1.29, 1.82) is 0 Å². The van der Waals surface area contributed by atoms with Gasteiger partial charge in [0.05, 0.1) is 16.7 Å². The molecule has 1 aliphatic rings. The summed E-state index contributed by atoms with van der Waals surface area (Å²) in [6, 6.07) is 14.1. The molecule has 1 aromatic heterocycles. The van der Waals surface area contributed by atoms with E-state index in [4.69, 9.17) is 4.98 Å². The summed E-state index contributed by atoms with van der Waals surface area (Å²) in [4.78, 5) is 34.2. The Morgan fingerprint density at radius 2 is 1.75 bits per heavy atom. The summed E-state index contributed by atoms with van der Waals surface area (Å²) in [6.07, 6.45) is 0.226. The number of benzene rings is 2. The summed E-state index contributed by atoms with van der Waals surface area (Å²) in [5.74, 6) is -0.0894. The lowest BCUT2D eigenvalue weighted by molar-refractivity contribution is -0.135. The standard InChI is InChI=1S/C25H29FN4O2/c1-16(2)30(17(3)4)24(32)15-29-22-12-8-6-10-20(22)27-25(29)18-13-23(31)28(14-18)21-11-7-5-9-19(21)26/h5-12,16-18H,13-15H2,1-4H3. The highest BCUT2D eigenvalue weighted by Crippen LogP contribution is 2.34. The van der Waals surface area contributed by atoms with Crippen LogP contribution in [0.25, 0.3) is 11.0 Å². The van der Waals surface area contributed by atoms with E-state index in [0.29, 0.717) is 12.4 Å². The number of imidazole rings is 1. The van der Waals surface area contributed by atoms with Crippen LogP contribution in [-0.4, -0.2) is 44.9 Å². The van der Waals surface area contributed by atoms with E-state index in [1.165, 1.54) is 11.0 Å². The van der Waals surface area contributed by atoms with Crippen molar-refractivity contribution in [1.82, 2.24) is 14.5 Å². The molecule has 2 aromatic carbocycles. The van der Waals surface area contributed by atoms with Gasteiger partial charge in [0, 0.05) is 31.0 Å². The number of carbonyl (C=O) groups excluding carboxylic acids is 2. The van der Waals surface area contributed by atoms with E-state index in [1.54, 1.807) is 18.2 Å². The SMILES string of the molecule is CC(C)N(C(=O)Cn1c(C2CC(=O)N(c3ccccc3F)C2)nc2ccccc21)C(C)C. The first-order valence-electron chi connectivity index (χ1n) is 11.1. The van der Waals surface area contributed by atoms with E-state index in [-0.39, 0.29) is 48.5 Å². The number of hydrogen-bond donors (Lipinski definition) is 0. The van der Waals surface area contributed by atoms with Crippen LogP contribution in [0.2, 0.25) is 0 Å². The Kier molecular flexibility index (Phi) is 6.00. The third kappa shape index (κ3) is 3.99. The van der Waals surface area contributed by atoms with Gasteiger partial charge < -0.3 is 14.4 Å². The third-order valence-electron chi connectivity index (χ3n) is 6.01. The normalized spacial score (nSPS) is 16.5. The van der Waals surface area contributed by atoms with Crippen molar-refractivity contribution < 1.29 is 14.0 Å². The molecule has 0 radical (unpaired) electrons. The molecule has 0 bridgehead atoms. The molecular formula is C25H29FN4O2. The molecule has 7 heteroatoms. The van der Waals surface area contributed by atoms with E-state index >= 15 is 0 Å². The molecule has 0 saturated carbocycles. The molecule has 0 aliphatic carbocycles. The van der Waals surface area contributed by atoms with Crippen LogP contribution in [0.4, 0.5) is 10.1 Å². The molecule has 1 saturated heterocycles. The van der Waals surface area contributed by atoms with Crippen LogP contribution in [0.3, 0.4) is 0 Å². The lowest BCUT2D eigenvalue weighted by Gasteiger charge is -2.31. The third-order valence-corrected chi connectivity index (χ3v) is 6.01. The van der Waals surface area contributed by atoms with E-state index in [0.717, 1.165) is 11.0 Å². The quantitative estimate of drug-likeness (QED) is 0.578. The molecule has 2 heterocycles. The number of rotatable bonds is 6. The zero-order valence-electron chi connectivity index (χ0n) is 19.0. The minimum absolute atomic E-state index is 0.00897. The molecule has 6 nitrogen and oxygen atoms in total. The molecule has 1 fully saturated rings. The zero-order valence-corrected chi connectivity index (χ0v) is 19.0. The maximum atomic E-state index is 14.3. The number of para-hydroxylation sites is 3. The van der Waals surface area contributed by atoms with Gasteiger partial charge in [-0.3, -0.25) is 9.59 Å². The zero-order chi connectivity index (χ0) is 23.0. The van der Waals surface area contributed by atoms with Gasteiger partial charge >= 0.3 is 0 Å². The number of anilines is 1. The fourth-order valence-corrected chi connectivity index (χ4v) is 4.75. The second kappa shape index (κ2) is 8.73. The summed E-state index contributed by atoms with van der Waals surface area (Å²) >= 11 is 0. The number of halogens is 1. The highest BCUT2D eigenvalue weighted by molar-refractivity contribution is 5.96.